The Morgan fingerprint density at radius 3 is 2.78 bits per heavy atom. The average Bonchev–Trinajstić information content (AvgIpc) is 2.41. The second kappa shape index (κ2) is 4.65. The van der Waals surface area contributed by atoms with Crippen molar-refractivity contribution in [2.24, 2.45) is 0 Å². The van der Waals surface area contributed by atoms with Gasteiger partial charge in [-0.1, -0.05) is 0 Å². The minimum atomic E-state index is -1.49. The molecule has 0 bridgehead atoms. The maximum Gasteiger partial charge on any atom is 1.00 e. The number of ether oxygens (including phenoxy) is 2. The molecule has 46 valence electrons. The first-order chi connectivity index (χ1) is 3.79. The number of epoxide rings is 1. The van der Waals surface area contributed by atoms with E-state index >= 15 is 0 Å². The van der Waals surface area contributed by atoms with Gasteiger partial charge in [-0.15, -0.1) is 0 Å². The van der Waals surface area contributed by atoms with Gasteiger partial charge in [-0.25, -0.2) is 0 Å². The van der Waals surface area contributed by atoms with Crippen molar-refractivity contribution in [2.45, 2.75) is 6.10 Å². The summed E-state index contributed by atoms with van der Waals surface area (Å²) in [4.78, 5) is 9.54. The molecule has 4 nitrogen and oxygen atoms in total. The van der Waals surface area contributed by atoms with Gasteiger partial charge in [-0.3, -0.25) is 0 Å². The van der Waals surface area contributed by atoms with Crippen LogP contribution in [0.5, 0.6) is 0 Å². The monoisotopic (exact) mass is 156 g/mol. The summed E-state index contributed by atoms with van der Waals surface area (Å²) in [5.74, 6) is 0. The van der Waals surface area contributed by atoms with Crippen LogP contribution in [0.4, 0.5) is 4.79 Å². The summed E-state index contributed by atoms with van der Waals surface area (Å²) < 4.78 is 8.69. The zero-order chi connectivity index (χ0) is 5.98. The minimum Gasteiger partial charge on any atom is -0.547 e. The van der Waals surface area contributed by atoms with Gasteiger partial charge >= 0.3 is 51.4 Å². The molecular formula is C4H5KO4. The predicted octanol–water partition coefficient (Wildman–Crippen LogP) is -4.25. The number of carboxylic acid groups (broad SMARTS) is 1. The fourth-order valence-corrected chi connectivity index (χ4v) is 0.325. The van der Waals surface area contributed by atoms with E-state index < -0.39 is 6.16 Å². The molecule has 0 aromatic carbocycles. The van der Waals surface area contributed by atoms with Crippen LogP contribution >= 0.6 is 0 Å². The van der Waals surface area contributed by atoms with Crippen LogP contribution in [0.2, 0.25) is 0 Å². The topological polar surface area (TPSA) is 61.9 Å². The molecule has 0 aliphatic carbocycles. The smallest absolute Gasteiger partial charge is 0.547 e. The summed E-state index contributed by atoms with van der Waals surface area (Å²) >= 11 is 0. The molecule has 1 aliphatic heterocycles. The zero-order valence-electron chi connectivity index (χ0n) is 5.12. The molecule has 0 aromatic rings. The number of hydrogen-bond donors (Lipinski definition) is 0. The molecule has 0 spiro atoms. The van der Waals surface area contributed by atoms with Gasteiger partial charge < -0.3 is 19.4 Å². The molecular weight excluding hydrogens is 151 g/mol. The maximum absolute atomic E-state index is 9.54. The number of hydrogen-bond acceptors (Lipinski definition) is 4. The second-order valence-electron chi connectivity index (χ2n) is 1.52. The van der Waals surface area contributed by atoms with Crippen LogP contribution in [0.1, 0.15) is 0 Å². The van der Waals surface area contributed by atoms with Crippen molar-refractivity contribution in [3.8, 4) is 0 Å². The van der Waals surface area contributed by atoms with Gasteiger partial charge in [0.2, 0.25) is 0 Å². The summed E-state index contributed by atoms with van der Waals surface area (Å²) in [6, 6.07) is 0. The van der Waals surface area contributed by atoms with Gasteiger partial charge in [0.1, 0.15) is 0 Å². The van der Waals surface area contributed by atoms with Crippen molar-refractivity contribution in [3.05, 3.63) is 0 Å². The van der Waals surface area contributed by atoms with E-state index in [9.17, 15) is 9.90 Å². The van der Waals surface area contributed by atoms with Crippen LogP contribution in [0.25, 0.3) is 0 Å². The van der Waals surface area contributed by atoms with Crippen molar-refractivity contribution in [3.63, 3.8) is 0 Å². The summed E-state index contributed by atoms with van der Waals surface area (Å²) in [5.41, 5.74) is 0. The Balaban J connectivity index is 0.000000640. The molecule has 1 unspecified atom stereocenters. The van der Waals surface area contributed by atoms with Crippen LogP contribution in [0.15, 0.2) is 0 Å². The molecule has 1 fully saturated rings. The Hall–Kier alpha value is 0.866. The molecule has 0 N–H and O–H groups in total. The Morgan fingerprint density at radius 2 is 2.44 bits per heavy atom. The van der Waals surface area contributed by atoms with E-state index in [4.69, 9.17) is 0 Å². The third-order valence-electron chi connectivity index (χ3n) is 0.789. The molecule has 9 heavy (non-hydrogen) atoms. The zero-order valence-corrected chi connectivity index (χ0v) is 8.25. The quantitative estimate of drug-likeness (QED) is 0.231. The van der Waals surface area contributed by atoms with Crippen molar-refractivity contribution in [1.82, 2.24) is 0 Å². The molecule has 1 saturated heterocycles. The van der Waals surface area contributed by atoms with Gasteiger partial charge in [-0.2, -0.15) is 0 Å². The number of carbonyl (C=O) groups excluding carboxylic acids is 1. The average molecular weight is 156 g/mol. The van der Waals surface area contributed by atoms with Crippen LogP contribution in [-0.2, 0) is 9.47 Å². The van der Waals surface area contributed by atoms with Gasteiger partial charge in [0.05, 0.1) is 19.3 Å². The van der Waals surface area contributed by atoms with Crippen molar-refractivity contribution >= 4 is 6.16 Å². The van der Waals surface area contributed by atoms with Gasteiger partial charge in [-0.05, 0) is 0 Å². The van der Waals surface area contributed by atoms with E-state index in [1.54, 1.807) is 0 Å². The fourth-order valence-electron chi connectivity index (χ4n) is 0.325. The fraction of sp³-hybridized carbons (Fsp3) is 0.750. The molecule has 1 rings (SSSR count). The summed E-state index contributed by atoms with van der Waals surface area (Å²) in [5, 5.41) is 9.54. The standard InChI is InChI=1S/C4H6O4.K/c5-4(6)8-2-3-1-7-3;/h3H,1-2H2,(H,5,6);/q;+1/p-1. The van der Waals surface area contributed by atoms with E-state index in [1.807, 2.05) is 0 Å². The minimum absolute atomic E-state index is 0. The Morgan fingerprint density at radius 1 is 1.89 bits per heavy atom. The Kier molecular flexibility index (Phi) is 5.09. The number of carbonyl (C=O) groups is 1. The first-order valence-corrected chi connectivity index (χ1v) is 2.24. The molecule has 1 heterocycles. The summed E-state index contributed by atoms with van der Waals surface area (Å²) in [6.07, 6.45) is -1.49. The van der Waals surface area contributed by atoms with Crippen molar-refractivity contribution < 1.29 is 70.8 Å². The predicted molar refractivity (Wildman–Crippen MR) is 21.1 cm³/mol. The molecule has 0 amide bonds. The van der Waals surface area contributed by atoms with E-state index in [1.165, 1.54) is 0 Å². The van der Waals surface area contributed by atoms with E-state index in [-0.39, 0.29) is 64.1 Å². The molecule has 0 aromatic heterocycles. The molecule has 1 atom stereocenters. The van der Waals surface area contributed by atoms with Crippen LogP contribution in [0, 0.1) is 0 Å². The molecule has 5 heteroatoms. The van der Waals surface area contributed by atoms with Gasteiger partial charge in [0.25, 0.3) is 6.16 Å². The molecule has 0 saturated carbocycles. The maximum atomic E-state index is 9.54. The molecule has 0 radical (unpaired) electrons. The first-order valence-electron chi connectivity index (χ1n) is 2.24. The van der Waals surface area contributed by atoms with Crippen LogP contribution < -0.4 is 56.5 Å². The van der Waals surface area contributed by atoms with Crippen molar-refractivity contribution in [2.75, 3.05) is 13.2 Å². The number of rotatable bonds is 2. The second-order valence-corrected chi connectivity index (χ2v) is 1.52. The third-order valence-corrected chi connectivity index (χ3v) is 0.789. The van der Waals surface area contributed by atoms with Gasteiger partial charge in [0.15, 0.2) is 0 Å². The first kappa shape index (κ1) is 9.87. The van der Waals surface area contributed by atoms with E-state index in [0.717, 1.165) is 0 Å². The van der Waals surface area contributed by atoms with Crippen molar-refractivity contribution in [1.29, 1.82) is 0 Å². The van der Waals surface area contributed by atoms with Crippen LogP contribution in [0.3, 0.4) is 0 Å². The van der Waals surface area contributed by atoms with E-state index in [2.05, 4.69) is 9.47 Å². The van der Waals surface area contributed by atoms with Crippen LogP contribution in [-0.4, -0.2) is 25.5 Å². The third kappa shape index (κ3) is 5.32. The SMILES string of the molecule is O=C([O-])OCC1CO1.[K+]. The summed E-state index contributed by atoms with van der Waals surface area (Å²) in [7, 11) is 0. The van der Waals surface area contributed by atoms with Gasteiger partial charge in [0, 0.05) is 0 Å². The Labute approximate surface area is 94.9 Å². The Bertz CT molecular complexity index is 101. The largest absolute Gasteiger partial charge is 1.00 e. The normalized spacial score (nSPS) is 22.0. The molecule has 1 aliphatic rings. The summed E-state index contributed by atoms with van der Waals surface area (Å²) in [6.45, 7) is 0.718. The van der Waals surface area contributed by atoms with E-state index in [0.29, 0.717) is 6.61 Å².